The second kappa shape index (κ2) is 5.80. The highest BCUT2D eigenvalue weighted by molar-refractivity contribution is 5.83. The Bertz CT molecular complexity index is 359. The first-order valence-corrected chi connectivity index (χ1v) is 7.29. The summed E-state index contributed by atoms with van der Waals surface area (Å²) < 4.78 is 0. The Morgan fingerprint density at radius 3 is 2.47 bits per heavy atom. The molecule has 3 unspecified atom stereocenters. The minimum atomic E-state index is -0.874. The first-order valence-electron chi connectivity index (χ1n) is 7.29. The van der Waals surface area contributed by atoms with Crippen LogP contribution in [0, 0.1) is 11.8 Å². The zero-order chi connectivity index (χ0) is 14.0. The van der Waals surface area contributed by atoms with Gasteiger partial charge in [0, 0.05) is 19.6 Å². The van der Waals surface area contributed by atoms with Crippen LogP contribution in [0.15, 0.2) is 0 Å². The number of hydrogen-bond donors (Lipinski definition) is 1. The highest BCUT2D eigenvalue weighted by atomic mass is 16.4. The van der Waals surface area contributed by atoms with Crippen molar-refractivity contribution >= 4 is 12.0 Å². The lowest BCUT2D eigenvalue weighted by atomic mass is 10.0. The number of carboxylic acid groups (broad SMARTS) is 1. The summed E-state index contributed by atoms with van der Waals surface area (Å²) in [6, 6.07) is -0.723. The van der Waals surface area contributed by atoms with Crippen molar-refractivity contribution in [1.82, 2.24) is 9.80 Å². The molecule has 5 nitrogen and oxygen atoms in total. The summed E-state index contributed by atoms with van der Waals surface area (Å²) in [4.78, 5) is 27.2. The zero-order valence-corrected chi connectivity index (χ0v) is 11.8. The van der Waals surface area contributed by atoms with E-state index >= 15 is 0 Å². The number of carboxylic acids is 1. The van der Waals surface area contributed by atoms with Crippen molar-refractivity contribution in [2.75, 3.05) is 19.6 Å². The van der Waals surface area contributed by atoms with Crippen molar-refractivity contribution in [2.45, 2.75) is 45.6 Å². The Labute approximate surface area is 114 Å². The molecule has 19 heavy (non-hydrogen) atoms. The van der Waals surface area contributed by atoms with Gasteiger partial charge < -0.3 is 14.9 Å². The summed E-state index contributed by atoms with van der Waals surface area (Å²) >= 11 is 0. The van der Waals surface area contributed by atoms with Crippen molar-refractivity contribution in [3.05, 3.63) is 0 Å². The molecule has 2 aliphatic heterocycles. The van der Waals surface area contributed by atoms with E-state index < -0.39 is 12.0 Å². The van der Waals surface area contributed by atoms with Gasteiger partial charge in [0.15, 0.2) is 0 Å². The molecule has 5 heteroatoms. The highest BCUT2D eigenvalue weighted by Crippen LogP contribution is 2.26. The lowest BCUT2D eigenvalue weighted by Crippen LogP contribution is -2.49. The first kappa shape index (κ1) is 14.2. The monoisotopic (exact) mass is 268 g/mol. The van der Waals surface area contributed by atoms with Crippen LogP contribution in [-0.4, -0.2) is 52.6 Å². The molecule has 0 aromatic rings. The Morgan fingerprint density at radius 2 is 1.79 bits per heavy atom. The van der Waals surface area contributed by atoms with E-state index in [1.165, 1.54) is 0 Å². The van der Waals surface area contributed by atoms with Gasteiger partial charge >= 0.3 is 12.0 Å². The fourth-order valence-electron chi connectivity index (χ4n) is 3.17. The number of carbonyl (C=O) groups excluding carboxylic acids is 1. The number of urea groups is 1. The fraction of sp³-hybridized carbons (Fsp3) is 0.857. The second-order valence-corrected chi connectivity index (χ2v) is 6.05. The molecule has 2 aliphatic rings. The zero-order valence-electron chi connectivity index (χ0n) is 11.8. The molecule has 0 bridgehead atoms. The normalized spacial score (nSPS) is 32.2. The Kier molecular flexibility index (Phi) is 4.32. The highest BCUT2D eigenvalue weighted by Gasteiger charge is 2.41. The minimum Gasteiger partial charge on any atom is -0.480 e. The van der Waals surface area contributed by atoms with Crippen LogP contribution >= 0.6 is 0 Å². The van der Waals surface area contributed by atoms with Crippen LogP contribution < -0.4 is 0 Å². The van der Waals surface area contributed by atoms with Gasteiger partial charge in [-0.2, -0.15) is 0 Å². The van der Waals surface area contributed by atoms with Gasteiger partial charge in [-0.1, -0.05) is 13.8 Å². The Hall–Kier alpha value is -1.26. The SMILES string of the molecule is CC1CCCN(C(=O)N2CCC(C)C2C(=O)O)CC1. The van der Waals surface area contributed by atoms with E-state index in [0.717, 1.165) is 38.8 Å². The molecule has 3 atom stereocenters. The molecule has 1 N–H and O–H groups in total. The number of hydrogen-bond acceptors (Lipinski definition) is 2. The first-order chi connectivity index (χ1) is 9.00. The van der Waals surface area contributed by atoms with Crippen LogP contribution in [0.2, 0.25) is 0 Å². The third-order valence-corrected chi connectivity index (χ3v) is 4.49. The predicted octanol–water partition coefficient (Wildman–Crippen LogP) is 2.02. The molecule has 2 rings (SSSR count). The second-order valence-electron chi connectivity index (χ2n) is 6.05. The summed E-state index contributed by atoms with van der Waals surface area (Å²) in [6.45, 7) is 6.23. The molecule has 108 valence electrons. The molecule has 2 saturated heterocycles. The summed E-state index contributed by atoms with van der Waals surface area (Å²) in [7, 11) is 0. The quantitative estimate of drug-likeness (QED) is 0.791. The van der Waals surface area contributed by atoms with E-state index in [9.17, 15) is 14.7 Å². The number of likely N-dealkylation sites (tertiary alicyclic amines) is 2. The maximum absolute atomic E-state index is 12.5. The van der Waals surface area contributed by atoms with Gasteiger partial charge in [-0.3, -0.25) is 0 Å². The van der Waals surface area contributed by atoms with Crippen LogP contribution in [0.3, 0.4) is 0 Å². The predicted molar refractivity (Wildman–Crippen MR) is 71.9 cm³/mol. The van der Waals surface area contributed by atoms with Gasteiger partial charge in [-0.05, 0) is 37.5 Å². The van der Waals surface area contributed by atoms with Crippen LogP contribution in [0.4, 0.5) is 4.79 Å². The summed E-state index contributed by atoms with van der Waals surface area (Å²) in [5.74, 6) is -0.167. The van der Waals surface area contributed by atoms with E-state index in [-0.39, 0.29) is 11.9 Å². The number of aliphatic carboxylic acids is 1. The van der Waals surface area contributed by atoms with Crippen LogP contribution in [0.1, 0.15) is 39.5 Å². The number of nitrogens with zero attached hydrogens (tertiary/aromatic N) is 2. The van der Waals surface area contributed by atoms with Crippen molar-refractivity contribution in [1.29, 1.82) is 0 Å². The standard InChI is InChI=1S/C14H24N2O3/c1-10-4-3-7-15(8-5-10)14(19)16-9-6-11(2)12(16)13(17)18/h10-12H,3-9H2,1-2H3,(H,17,18). The lowest BCUT2D eigenvalue weighted by molar-refractivity contribution is -0.142. The molecule has 0 aliphatic carbocycles. The van der Waals surface area contributed by atoms with E-state index in [0.29, 0.717) is 12.5 Å². The van der Waals surface area contributed by atoms with Crippen molar-refractivity contribution < 1.29 is 14.7 Å². The van der Waals surface area contributed by atoms with Gasteiger partial charge in [0.05, 0.1) is 0 Å². The minimum absolute atomic E-state index is 0.0485. The van der Waals surface area contributed by atoms with Gasteiger partial charge in [-0.15, -0.1) is 0 Å². The summed E-state index contributed by atoms with van der Waals surface area (Å²) in [5.41, 5.74) is 0. The number of amides is 2. The lowest BCUT2D eigenvalue weighted by Gasteiger charge is -2.30. The van der Waals surface area contributed by atoms with E-state index in [1.807, 2.05) is 11.8 Å². The summed E-state index contributed by atoms with van der Waals surface area (Å²) in [6.07, 6.45) is 3.98. The van der Waals surface area contributed by atoms with Crippen molar-refractivity contribution in [2.24, 2.45) is 11.8 Å². The van der Waals surface area contributed by atoms with Gasteiger partial charge in [0.2, 0.25) is 0 Å². The third kappa shape index (κ3) is 3.01. The van der Waals surface area contributed by atoms with Crippen LogP contribution in [0.25, 0.3) is 0 Å². The molecule has 2 amide bonds. The Morgan fingerprint density at radius 1 is 1.05 bits per heavy atom. The van der Waals surface area contributed by atoms with E-state index in [1.54, 1.807) is 4.90 Å². The maximum atomic E-state index is 12.5. The average molecular weight is 268 g/mol. The topological polar surface area (TPSA) is 60.9 Å². The number of rotatable bonds is 1. The van der Waals surface area contributed by atoms with E-state index in [2.05, 4.69) is 6.92 Å². The number of carbonyl (C=O) groups is 2. The molecular weight excluding hydrogens is 244 g/mol. The fourth-order valence-corrected chi connectivity index (χ4v) is 3.17. The van der Waals surface area contributed by atoms with Crippen molar-refractivity contribution in [3.8, 4) is 0 Å². The molecule has 0 aromatic carbocycles. The Balaban J connectivity index is 2.04. The molecular formula is C14H24N2O3. The molecule has 0 spiro atoms. The van der Waals surface area contributed by atoms with Crippen molar-refractivity contribution in [3.63, 3.8) is 0 Å². The smallest absolute Gasteiger partial charge is 0.326 e. The van der Waals surface area contributed by atoms with Gasteiger partial charge in [0.1, 0.15) is 6.04 Å². The van der Waals surface area contributed by atoms with Crippen LogP contribution in [0.5, 0.6) is 0 Å². The maximum Gasteiger partial charge on any atom is 0.326 e. The van der Waals surface area contributed by atoms with Crippen LogP contribution in [-0.2, 0) is 4.79 Å². The van der Waals surface area contributed by atoms with Gasteiger partial charge in [-0.25, -0.2) is 9.59 Å². The summed E-state index contributed by atoms with van der Waals surface area (Å²) in [5, 5.41) is 9.29. The molecule has 0 radical (unpaired) electrons. The molecule has 2 heterocycles. The molecule has 0 saturated carbocycles. The average Bonchev–Trinajstić information content (AvgIpc) is 2.61. The molecule has 0 aromatic heterocycles. The third-order valence-electron chi connectivity index (χ3n) is 4.49. The van der Waals surface area contributed by atoms with E-state index in [4.69, 9.17) is 0 Å². The largest absolute Gasteiger partial charge is 0.480 e. The molecule has 2 fully saturated rings. The van der Waals surface area contributed by atoms with Gasteiger partial charge in [0.25, 0.3) is 0 Å².